The molecule has 9 heteroatoms. The Morgan fingerprint density at radius 2 is 1.83 bits per heavy atom. The minimum atomic E-state index is -3.65. The lowest BCUT2D eigenvalue weighted by molar-refractivity contribution is 0.102. The molecule has 3 rings (SSSR count). The lowest BCUT2D eigenvalue weighted by Gasteiger charge is -2.31. The molecule has 1 saturated heterocycles. The fourth-order valence-corrected chi connectivity index (χ4v) is 4.72. The number of benzene rings is 2. The van der Waals surface area contributed by atoms with Gasteiger partial charge in [0.2, 0.25) is 10.0 Å². The van der Waals surface area contributed by atoms with E-state index in [0.717, 1.165) is 5.56 Å². The first-order valence-electron chi connectivity index (χ1n) is 9.16. The van der Waals surface area contributed by atoms with Crippen LogP contribution in [0, 0.1) is 6.92 Å². The average Bonchev–Trinajstić information content (AvgIpc) is 2.71. The van der Waals surface area contributed by atoms with E-state index in [1.54, 1.807) is 24.3 Å². The minimum absolute atomic E-state index is 0.106. The summed E-state index contributed by atoms with van der Waals surface area (Å²) in [5.74, 6) is -0.00406. The molecule has 2 aromatic rings. The first-order valence-corrected chi connectivity index (χ1v) is 11.0. The van der Waals surface area contributed by atoms with Gasteiger partial charge >= 0.3 is 0 Å². The van der Waals surface area contributed by atoms with E-state index in [0.29, 0.717) is 42.6 Å². The molecule has 0 aromatic heterocycles. The van der Waals surface area contributed by atoms with Crippen molar-refractivity contribution < 1.29 is 17.9 Å². The van der Waals surface area contributed by atoms with Crippen LogP contribution in [0.15, 0.2) is 41.3 Å². The first kappa shape index (κ1) is 21.6. The molecule has 7 nitrogen and oxygen atoms in total. The molecule has 0 atom stereocenters. The van der Waals surface area contributed by atoms with E-state index in [1.807, 2.05) is 14.0 Å². The molecule has 0 radical (unpaired) electrons. The lowest BCUT2D eigenvalue weighted by atomic mass is 10.1. The molecule has 1 N–H and O–H groups in total. The highest BCUT2D eigenvalue weighted by atomic mass is 35.5. The minimum Gasteiger partial charge on any atom is -0.495 e. The Hall–Kier alpha value is -2.13. The second-order valence-corrected chi connectivity index (χ2v) is 9.34. The molecule has 1 aliphatic heterocycles. The fraction of sp³-hybridized carbons (Fsp3) is 0.350. The second kappa shape index (κ2) is 8.71. The van der Waals surface area contributed by atoms with Crippen molar-refractivity contribution in [2.24, 2.45) is 0 Å². The van der Waals surface area contributed by atoms with Crippen LogP contribution in [0.3, 0.4) is 0 Å². The van der Waals surface area contributed by atoms with Gasteiger partial charge in [-0.2, -0.15) is 4.31 Å². The van der Waals surface area contributed by atoms with Crippen molar-refractivity contribution in [3.8, 4) is 5.75 Å². The van der Waals surface area contributed by atoms with Crippen molar-refractivity contribution in [1.82, 2.24) is 9.21 Å². The van der Waals surface area contributed by atoms with E-state index >= 15 is 0 Å². The van der Waals surface area contributed by atoms with Gasteiger partial charge in [0.25, 0.3) is 5.91 Å². The molecule has 2 aromatic carbocycles. The number of nitrogens with one attached hydrogen (secondary N) is 1. The van der Waals surface area contributed by atoms with Crippen LogP contribution in [0.4, 0.5) is 5.69 Å². The van der Waals surface area contributed by atoms with Crippen molar-refractivity contribution in [2.75, 3.05) is 45.7 Å². The molecular formula is C20H24ClN3O4S. The number of anilines is 1. The summed E-state index contributed by atoms with van der Waals surface area (Å²) in [7, 11) is -0.209. The summed E-state index contributed by atoms with van der Waals surface area (Å²) in [6.45, 7) is 4.03. The Morgan fingerprint density at radius 3 is 2.48 bits per heavy atom. The quantitative estimate of drug-likeness (QED) is 0.778. The molecule has 1 aliphatic rings. The number of carbonyl (C=O) groups excluding carboxylic acids is 1. The Labute approximate surface area is 176 Å². The van der Waals surface area contributed by atoms with Crippen LogP contribution in [-0.2, 0) is 10.0 Å². The number of carbonyl (C=O) groups is 1. The van der Waals surface area contributed by atoms with Crippen LogP contribution in [0.1, 0.15) is 15.9 Å². The van der Waals surface area contributed by atoms with Crippen molar-refractivity contribution >= 4 is 33.2 Å². The van der Waals surface area contributed by atoms with Gasteiger partial charge in [-0.05, 0) is 43.8 Å². The van der Waals surface area contributed by atoms with Gasteiger partial charge in [0, 0.05) is 42.8 Å². The monoisotopic (exact) mass is 437 g/mol. The normalized spacial score (nSPS) is 15.9. The van der Waals surface area contributed by atoms with Gasteiger partial charge in [-0.1, -0.05) is 17.7 Å². The van der Waals surface area contributed by atoms with Crippen LogP contribution in [-0.4, -0.2) is 63.9 Å². The number of amides is 1. The van der Waals surface area contributed by atoms with Gasteiger partial charge in [0.1, 0.15) is 5.75 Å². The summed E-state index contributed by atoms with van der Waals surface area (Å²) in [5, 5.41) is 3.30. The molecule has 1 fully saturated rings. The number of aryl methyl sites for hydroxylation is 1. The zero-order valence-corrected chi connectivity index (χ0v) is 18.2. The summed E-state index contributed by atoms with van der Waals surface area (Å²) >= 11 is 6.10. The predicted octanol–water partition coefficient (Wildman–Crippen LogP) is 2.85. The number of methoxy groups -OCH3 is 1. The number of likely N-dealkylation sites (N-methyl/N-ethyl adjacent to an activating group) is 1. The second-order valence-electron chi connectivity index (χ2n) is 6.99. The van der Waals surface area contributed by atoms with Gasteiger partial charge in [-0.25, -0.2) is 8.42 Å². The molecule has 1 heterocycles. The number of rotatable bonds is 5. The smallest absolute Gasteiger partial charge is 0.255 e. The number of halogens is 1. The molecular weight excluding hydrogens is 414 g/mol. The third-order valence-corrected chi connectivity index (χ3v) is 7.23. The first-order chi connectivity index (χ1) is 13.7. The molecule has 0 unspecified atom stereocenters. The van der Waals surface area contributed by atoms with Gasteiger partial charge in [0.15, 0.2) is 0 Å². The third kappa shape index (κ3) is 4.72. The number of hydrogen-bond acceptors (Lipinski definition) is 5. The van der Waals surface area contributed by atoms with Gasteiger partial charge < -0.3 is 15.0 Å². The van der Waals surface area contributed by atoms with Gasteiger partial charge in [0.05, 0.1) is 17.7 Å². The number of piperazine rings is 1. The highest BCUT2D eigenvalue weighted by Gasteiger charge is 2.28. The highest BCUT2D eigenvalue weighted by Crippen LogP contribution is 2.31. The largest absolute Gasteiger partial charge is 0.495 e. The van der Waals surface area contributed by atoms with Crippen molar-refractivity contribution in [3.05, 3.63) is 52.5 Å². The summed E-state index contributed by atoms with van der Waals surface area (Å²) in [6, 6.07) is 9.40. The third-order valence-electron chi connectivity index (χ3n) is 4.93. The number of ether oxygens (including phenoxy) is 1. The molecule has 0 bridgehead atoms. The van der Waals surface area contributed by atoms with Gasteiger partial charge in [-0.3, -0.25) is 4.79 Å². The van der Waals surface area contributed by atoms with Crippen LogP contribution >= 0.6 is 11.6 Å². The van der Waals surface area contributed by atoms with Crippen molar-refractivity contribution in [1.29, 1.82) is 0 Å². The standard InChI is InChI=1S/C20H24ClN3O4S/c1-14-11-18(19(28-3)13-17(14)21)22-20(25)15-5-4-6-16(12-15)29(26,27)24-9-7-23(2)8-10-24/h4-6,11-13H,7-10H2,1-3H3,(H,22,25). The molecule has 0 saturated carbocycles. The summed E-state index contributed by atoms with van der Waals surface area (Å²) in [5.41, 5.74) is 1.50. The molecule has 0 spiro atoms. The Balaban J connectivity index is 1.84. The van der Waals surface area contributed by atoms with E-state index in [-0.39, 0.29) is 10.5 Å². The Morgan fingerprint density at radius 1 is 1.14 bits per heavy atom. The maximum atomic E-state index is 13.0. The number of nitrogens with zero attached hydrogens (tertiary/aromatic N) is 2. The summed E-state index contributed by atoms with van der Waals surface area (Å²) < 4.78 is 32.6. The predicted molar refractivity (Wildman–Crippen MR) is 113 cm³/mol. The van der Waals surface area contributed by atoms with E-state index in [2.05, 4.69) is 10.2 Å². The fourth-order valence-electron chi connectivity index (χ4n) is 3.10. The molecule has 156 valence electrons. The average molecular weight is 438 g/mol. The summed E-state index contributed by atoms with van der Waals surface area (Å²) in [6.07, 6.45) is 0. The topological polar surface area (TPSA) is 78.9 Å². The molecule has 0 aliphatic carbocycles. The molecule has 1 amide bonds. The van der Waals surface area contributed by atoms with Crippen LogP contribution in [0.25, 0.3) is 0 Å². The molecule has 29 heavy (non-hydrogen) atoms. The Bertz CT molecular complexity index is 1020. The van der Waals surface area contributed by atoms with E-state index in [4.69, 9.17) is 16.3 Å². The van der Waals surface area contributed by atoms with Crippen molar-refractivity contribution in [3.63, 3.8) is 0 Å². The van der Waals surface area contributed by atoms with Crippen LogP contribution in [0.2, 0.25) is 5.02 Å². The maximum Gasteiger partial charge on any atom is 0.255 e. The van der Waals surface area contributed by atoms with E-state index in [1.165, 1.54) is 23.5 Å². The van der Waals surface area contributed by atoms with E-state index < -0.39 is 15.9 Å². The lowest BCUT2D eigenvalue weighted by Crippen LogP contribution is -2.47. The van der Waals surface area contributed by atoms with E-state index in [9.17, 15) is 13.2 Å². The summed E-state index contributed by atoms with van der Waals surface area (Å²) in [4.78, 5) is 14.9. The number of sulfonamides is 1. The SMILES string of the molecule is COc1cc(Cl)c(C)cc1NC(=O)c1cccc(S(=O)(=O)N2CCN(C)CC2)c1. The van der Waals surface area contributed by atoms with Crippen molar-refractivity contribution in [2.45, 2.75) is 11.8 Å². The Kier molecular flexibility index (Phi) is 6.48. The van der Waals surface area contributed by atoms with Crippen LogP contribution < -0.4 is 10.1 Å². The maximum absolute atomic E-state index is 13.0. The zero-order valence-electron chi connectivity index (χ0n) is 16.6. The van der Waals surface area contributed by atoms with Gasteiger partial charge in [-0.15, -0.1) is 0 Å². The number of hydrogen-bond donors (Lipinski definition) is 1. The highest BCUT2D eigenvalue weighted by molar-refractivity contribution is 7.89. The van der Waals surface area contributed by atoms with Crippen LogP contribution in [0.5, 0.6) is 5.75 Å². The zero-order chi connectivity index (χ0) is 21.2.